The standard InChI is InChI=1S/C24H35N5O3/c1-3-19-9-4-5-10-20(19)25-21(30)16-27-12-14-28(15-13-27)17-29-22(31)24(26-23(29)32)11-7-6-8-18(24)2/h4-5,9-10,18H,3,6-8,11-17H2,1-2H3,(H,25,30)(H,26,32)/t18-,24+/m0/s1. The highest BCUT2D eigenvalue weighted by molar-refractivity contribution is 6.07. The highest BCUT2D eigenvalue weighted by atomic mass is 16.2. The molecular weight excluding hydrogens is 406 g/mol. The number of para-hydroxylation sites is 1. The van der Waals surface area contributed by atoms with Crippen molar-refractivity contribution in [3.63, 3.8) is 0 Å². The molecule has 1 aromatic rings. The summed E-state index contributed by atoms with van der Waals surface area (Å²) in [6.07, 6.45) is 4.68. The third-order valence-corrected chi connectivity index (χ3v) is 7.35. The zero-order valence-corrected chi connectivity index (χ0v) is 19.2. The summed E-state index contributed by atoms with van der Waals surface area (Å²) in [6.45, 7) is 7.72. The minimum Gasteiger partial charge on any atom is -0.325 e. The summed E-state index contributed by atoms with van der Waals surface area (Å²) in [5.41, 5.74) is 1.30. The molecule has 3 aliphatic rings. The summed E-state index contributed by atoms with van der Waals surface area (Å²) >= 11 is 0. The number of benzene rings is 1. The summed E-state index contributed by atoms with van der Waals surface area (Å²) in [7, 11) is 0. The van der Waals surface area contributed by atoms with Crippen LogP contribution in [-0.2, 0) is 16.0 Å². The Morgan fingerprint density at radius 3 is 2.56 bits per heavy atom. The number of nitrogens with zero attached hydrogens (tertiary/aromatic N) is 3. The Bertz CT molecular complexity index is 867. The van der Waals surface area contributed by atoms with Crippen molar-refractivity contribution in [2.45, 2.75) is 51.5 Å². The van der Waals surface area contributed by atoms with Gasteiger partial charge in [0.2, 0.25) is 5.91 Å². The Morgan fingerprint density at radius 2 is 1.84 bits per heavy atom. The number of rotatable bonds is 6. The van der Waals surface area contributed by atoms with E-state index in [0.717, 1.165) is 69.5 Å². The van der Waals surface area contributed by atoms with Crippen LogP contribution in [0.25, 0.3) is 0 Å². The first-order chi connectivity index (χ1) is 15.4. The van der Waals surface area contributed by atoms with Crippen molar-refractivity contribution in [2.75, 3.05) is 44.7 Å². The molecule has 4 rings (SSSR count). The molecule has 0 aromatic heterocycles. The van der Waals surface area contributed by atoms with Crippen molar-refractivity contribution in [2.24, 2.45) is 5.92 Å². The number of nitrogens with one attached hydrogen (secondary N) is 2. The molecule has 8 nitrogen and oxygen atoms in total. The van der Waals surface area contributed by atoms with Crippen LogP contribution in [-0.4, -0.2) is 77.5 Å². The maximum Gasteiger partial charge on any atom is 0.326 e. The van der Waals surface area contributed by atoms with Crippen molar-refractivity contribution in [3.05, 3.63) is 29.8 Å². The molecule has 4 amide bonds. The molecular formula is C24H35N5O3. The van der Waals surface area contributed by atoms with Gasteiger partial charge in [0.05, 0.1) is 13.2 Å². The van der Waals surface area contributed by atoms with E-state index >= 15 is 0 Å². The minimum absolute atomic E-state index is 0.0123. The maximum absolute atomic E-state index is 13.2. The SMILES string of the molecule is CCc1ccccc1NC(=O)CN1CCN(CN2C(=O)N[C@@]3(CCCC[C@@H]3C)C2=O)CC1. The van der Waals surface area contributed by atoms with Crippen LogP contribution in [0, 0.1) is 5.92 Å². The van der Waals surface area contributed by atoms with E-state index in [4.69, 9.17) is 0 Å². The smallest absolute Gasteiger partial charge is 0.325 e. The van der Waals surface area contributed by atoms with Crippen LogP contribution in [0.5, 0.6) is 0 Å². The topological polar surface area (TPSA) is 85.0 Å². The number of amides is 4. The van der Waals surface area contributed by atoms with Gasteiger partial charge in [0.15, 0.2) is 0 Å². The van der Waals surface area contributed by atoms with Gasteiger partial charge in [-0.05, 0) is 36.8 Å². The molecule has 1 saturated carbocycles. The molecule has 2 heterocycles. The lowest BCUT2D eigenvalue weighted by Gasteiger charge is -2.38. The van der Waals surface area contributed by atoms with Crippen molar-refractivity contribution < 1.29 is 14.4 Å². The summed E-state index contributed by atoms with van der Waals surface area (Å²) in [6, 6.07) is 7.62. The fourth-order valence-corrected chi connectivity index (χ4v) is 5.26. The third-order valence-electron chi connectivity index (χ3n) is 7.35. The van der Waals surface area contributed by atoms with Crippen molar-refractivity contribution in [1.29, 1.82) is 0 Å². The van der Waals surface area contributed by atoms with E-state index in [9.17, 15) is 14.4 Å². The lowest BCUT2D eigenvalue weighted by atomic mass is 9.73. The number of urea groups is 1. The average Bonchev–Trinajstić information content (AvgIpc) is 3.02. The van der Waals surface area contributed by atoms with E-state index < -0.39 is 5.54 Å². The molecule has 1 spiro atoms. The van der Waals surface area contributed by atoms with Crippen LogP contribution in [0.2, 0.25) is 0 Å². The Kier molecular flexibility index (Phi) is 6.81. The molecule has 0 unspecified atom stereocenters. The van der Waals surface area contributed by atoms with Gasteiger partial charge in [-0.3, -0.25) is 19.4 Å². The molecule has 3 fully saturated rings. The number of piperazine rings is 1. The Balaban J connectivity index is 1.26. The van der Waals surface area contributed by atoms with E-state index in [0.29, 0.717) is 13.2 Å². The quantitative estimate of drug-likeness (QED) is 0.662. The van der Waals surface area contributed by atoms with Crippen molar-refractivity contribution in [1.82, 2.24) is 20.0 Å². The molecule has 32 heavy (non-hydrogen) atoms. The Morgan fingerprint density at radius 1 is 1.12 bits per heavy atom. The normalized spacial score (nSPS) is 27.1. The Labute approximate surface area is 190 Å². The largest absolute Gasteiger partial charge is 0.326 e. The van der Waals surface area contributed by atoms with E-state index in [1.54, 1.807) is 0 Å². The van der Waals surface area contributed by atoms with Gasteiger partial charge in [-0.25, -0.2) is 9.69 Å². The van der Waals surface area contributed by atoms with Gasteiger partial charge in [0.25, 0.3) is 5.91 Å². The summed E-state index contributed by atoms with van der Waals surface area (Å²) < 4.78 is 0. The predicted octanol–water partition coefficient (Wildman–Crippen LogP) is 2.26. The van der Waals surface area contributed by atoms with Crippen molar-refractivity contribution in [3.8, 4) is 0 Å². The lowest BCUT2D eigenvalue weighted by molar-refractivity contribution is -0.136. The maximum atomic E-state index is 13.2. The first-order valence-electron chi connectivity index (χ1n) is 11.9. The van der Waals surface area contributed by atoms with E-state index in [-0.39, 0.29) is 23.8 Å². The molecule has 174 valence electrons. The highest BCUT2D eigenvalue weighted by Gasteiger charge is 2.55. The first kappa shape index (κ1) is 22.7. The molecule has 2 N–H and O–H groups in total. The molecule has 2 atom stereocenters. The zero-order chi connectivity index (χ0) is 22.7. The third kappa shape index (κ3) is 4.52. The number of hydrogen-bond acceptors (Lipinski definition) is 5. The summed E-state index contributed by atoms with van der Waals surface area (Å²) in [5, 5.41) is 6.05. The van der Waals surface area contributed by atoms with E-state index in [1.807, 2.05) is 24.3 Å². The fraction of sp³-hybridized carbons (Fsp3) is 0.625. The van der Waals surface area contributed by atoms with Crippen LogP contribution in [0.3, 0.4) is 0 Å². The van der Waals surface area contributed by atoms with Crippen LogP contribution in [0.1, 0.15) is 45.1 Å². The zero-order valence-electron chi connectivity index (χ0n) is 19.2. The molecule has 2 saturated heterocycles. The number of imide groups is 1. The second-order valence-electron chi connectivity index (χ2n) is 9.38. The molecule has 0 bridgehead atoms. The number of anilines is 1. The molecule has 8 heteroatoms. The van der Waals surface area contributed by atoms with Crippen LogP contribution in [0.4, 0.5) is 10.5 Å². The van der Waals surface area contributed by atoms with Crippen LogP contribution in [0.15, 0.2) is 24.3 Å². The average molecular weight is 442 g/mol. The number of carbonyl (C=O) groups is 3. The van der Waals surface area contributed by atoms with Gasteiger partial charge in [-0.1, -0.05) is 44.9 Å². The van der Waals surface area contributed by atoms with E-state index in [1.165, 1.54) is 4.90 Å². The molecule has 1 aromatic carbocycles. The summed E-state index contributed by atoms with van der Waals surface area (Å²) in [5.74, 6) is 0.0960. The van der Waals surface area contributed by atoms with Gasteiger partial charge >= 0.3 is 6.03 Å². The highest BCUT2D eigenvalue weighted by Crippen LogP contribution is 2.38. The van der Waals surface area contributed by atoms with Crippen LogP contribution < -0.4 is 10.6 Å². The first-order valence-corrected chi connectivity index (χ1v) is 11.9. The number of hydrogen-bond donors (Lipinski definition) is 2. The summed E-state index contributed by atoms with van der Waals surface area (Å²) in [4.78, 5) is 44.0. The number of aryl methyl sites for hydroxylation is 1. The van der Waals surface area contributed by atoms with Crippen LogP contribution >= 0.6 is 0 Å². The number of carbonyl (C=O) groups excluding carboxylic acids is 3. The van der Waals surface area contributed by atoms with Crippen molar-refractivity contribution >= 4 is 23.5 Å². The molecule has 2 aliphatic heterocycles. The van der Waals surface area contributed by atoms with Gasteiger partial charge in [0.1, 0.15) is 5.54 Å². The molecule has 1 aliphatic carbocycles. The predicted molar refractivity (Wildman–Crippen MR) is 123 cm³/mol. The monoisotopic (exact) mass is 441 g/mol. The Hall–Kier alpha value is -2.45. The van der Waals surface area contributed by atoms with Gasteiger partial charge in [0, 0.05) is 31.9 Å². The minimum atomic E-state index is -0.704. The second kappa shape index (κ2) is 9.58. The second-order valence-corrected chi connectivity index (χ2v) is 9.38. The lowest BCUT2D eigenvalue weighted by Crippen LogP contribution is -2.55. The van der Waals surface area contributed by atoms with E-state index in [2.05, 4.69) is 34.3 Å². The van der Waals surface area contributed by atoms with Gasteiger partial charge in [-0.2, -0.15) is 0 Å². The van der Waals surface area contributed by atoms with Gasteiger partial charge in [-0.15, -0.1) is 0 Å². The fourth-order valence-electron chi connectivity index (χ4n) is 5.26. The van der Waals surface area contributed by atoms with Gasteiger partial charge < -0.3 is 10.6 Å². The molecule has 0 radical (unpaired) electrons.